The van der Waals surface area contributed by atoms with Gasteiger partial charge in [-0.1, -0.05) is 28.1 Å². The van der Waals surface area contributed by atoms with E-state index in [1.807, 2.05) is 0 Å². The summed E-state index contributed by atoms with van der Waals surface area (Å²) in [5.41, 5.74) is 0.393. The minimum atomic E-state index is -0.520. The van der Waals surface area contributed by atoms with Gasteiger partial charge in [-0.15, -0.1) is 11.3 Å². The summed E-state index contributed by atoms with van der Waals surface area (Å²) in [6, 6.07) is 11.2. The fourth-order valence-corrected chi connectivity index (χ4v) is 4.41. The van der Waals surface area contributed by atoms with Gasteiger partial charge in [-0.25, -0.2) is 9.38 Å². The summed E-state index contributed by atoms with van der Waals surface area (Å²) in [6.45, 7) is 0. The molecular weight excluding hydrogens is 427 g/mol. The Hall–Kier alpha value is -2.16. The van der Waals surface area contributed by atoms with Crippen LogP contribution in [-0.2, 0) is 4.79 Å². The Bertz CT molecular complexity index is 1230. The number of hydrogen-bond donors (Lipinski definition) is 1. The van der Waals surface area contributed by atoms with Crippen molar-refractivity contribution in [2.75, 3.05) is 0 Å². The molecule has 1 aliphatic rings. The highest BCUT2D eigenvalue weighted by Crippen LogP contribution is 2.35. The predicted molar refractivity (Wildman–Crippen MR) is 98.5 cm³/mol. The Morgan fingerprint density at radius 3 is 2.76 bits per heavy atom. The summed E-state index contributed by atoms with van der Waals surface area (Å²) >= 11 is 9.70. The maximum absolute atomic E-state index is 14.1. The van der Waals surface area contributed by atoms with Crippen LogP contribution in [0.1, 0.15) is 4.88 Å². The van der Waals surface area contributed by atoms with Crippen molar-refractivity contribution in [2.24, 2.45) is 4.99 Å². The fraction of sp³-hybridized carbons (Fsp3) is 0. The molecule has 0 unspecified atom stereocenters. The molecule has 0 spiro atoms. The van der Waals surface area contributed by atoms with Crippen LogP contribution in [-0.4, -0.2) is 15.6 Å². The van der Waals surface area contributed by atoms with E-state index in [0.29, 0.717) is 10.6 Å². The molecular formula is C17H8BrFN2O2S2. The molecule has 0 fully saturated rings. The average Bonchev–Trinajstić information content (AvgIpc) is 3.03. The molecule has 1 aliphatic heterocycles. The molecule has 1 amide bonds. The molecule has 4 rings (SSSR count). The molecule has 2 heterocycles. The Morgan fingerprint density at radius 1 is 1.24 bits per heavy atom. The Balaban J connectivity index is 2.04. The zero-order valence-electron chi connectivity index (χ0n) is 12.4. The zero-order valence-corrected chi connectivity index (χ0v) is 15.6. The molecule has 0 aliphatic carbocycles. The third-order valence-corrected chi connectivity index (χ3v) is 5.64. The van der Waals surface area contributed by atoms with E-state index in [2.05, 4.69) is 20.9 Å². The lowest BCUT2D eigenvalue weighted by Gasteiger charge is -2.06. The first kappa shape index (κ1) is 16.3. The molecule has 1 N–H and O–H groups in total. The Kier molecular flexibility index (Phi) is 3.90. The number of fused-ring (bicyclic) bond motifs is 1. The van der Waals surface area contributed by atoms with E-state index >= 15 is 0 Å². The van der Waals surface area contributed by atoms with Crippen molar-refractivity contribution in [3.05, 3.63) is 72.2 Å². The molecule has 3 aromatic rings. The van der Waals surface area contributed by atoms with E-state index in [0.717, 1.165) is 15.8 Å². The second-order valence-corrected chi connectivity index (χ2v) is 7.82. The highest BCUT2D eigenvalue weighted by Gasteiger charge is 2.26. The van der Waals surface area contributed by atoms with Crippen LogP contribution < -0.4 is 10.6 Å². The average molecular weight is 435 g/mol. The van der Waals surface area contributed by atoms with Crippen molar-refractivity contribution in [1.29, 1.82) is 0 Å². The number of aromatic hydroxyl groups is 1. The third-order valence-electron chi connectivity index (χ3n) is 3.77. The van der Waals surface area contributed by atoms with Gasteiger partial charge in [0.15, 0.2) is 3.95 Å². The number of aromatic nitrogens is 1. The SMILES string of the molecule is O=C1N=c2ccc(Br)cc2=C1c1sc(=S)n(-c2ccccc2F)c1O. The van der Waals surface area contributed by atoms with Crippen LogP contribution >= 0.6 is 39.5 Å². The van der Waals surface area contributed by atoms with Crippen LogP contribution in [0.5, 0.6) is 5.88 Å². The summed E-state index contributed by atoms with van der Waals surface area (Å²) in [5, 5.41) is 11.8. The van der Waals surface area contributed by atoms with Gasteiger partial charge < -0.3 is 5.11 Å². The summed E-state index contributed by atoms with van der Waals surface area (Å²) in [5.74, 6) is -1.25. The highest BCUT2D eigenvalue weighted by atomic mass is 79.9. The molecule has 8 heteroatoms. The monoisotopic (exact) mass is 434 g/mol. The first-order chi connectivity index (χ1) is 12.0. The molecule has 1 aromatic heterocycles. The number of rotatable bonds is 2. The minimum Gasteiger partial charge on any atom is -0.493 e. The number of benzene rings is 2. The molecule has 124 valence electrons. The van der Waals surface area contributed by atoms with Crippen LogP contribution in [0.4, 0.5) is 4.39 Å². The van der Waals surface area contributed by atoms with Gasteiger partial charge in [-0.05, 0) is 42.5 Å². The lowest BCUT2D eigenvalue weighted by atomic mass is 10.1. The van der Waals surface area contributed by atoms with Crippen molar-refractivity contribution in [3.63, 3.8) is 0 Å². The van der Waals surface area contributed by atoms with Crippen LogP contribution in [0.2, 0.25) is 0 Å². The maximum Gasteiger partial charge on any atom is 0.279 e. The zero-order chi connectivity index (χ0) is 17.7. The molecule has 0 bridgehead atoms. The minimum absolute atomic E-state index is 0.130. The Labute approximate surface area is 158 Å². The Morgan fingerprint density at radius 2 is 2.00 bits per heavy atom. The normalized spacial score (nSPS) is 13.0. The summed E-state index contributed by atoms with van der Waals surface area (Å²) in [4.78, 5) is 16.7. The summed E-state index contributed by atoms with van der Waals surface area (Å²) in [7, 11) is 0. The molecule has 2 aromatic carbocycles. The van der Waals surface area contributed by atoms with Gasteiger partial charge in [-0.3, -0.25) is 9.36 Å². The van der Waals surface area contributed by atoms with Gasteiger partial charge >= 0.3 is 0 Å². The summed E-state index contributed by atoms with van der Waals surface area (Å²) in [6.07, 6.45) is 0. The van der Waals surface area contributed by atoms with Crippen molar-refractivity contribution in [3.8, 4) is 11.6 Å². The number of carbonyl (C=O) groups excluding carboxylic acids is 1. The topological polar surface area (TPSA) is 54.6 Å². The number of thiazole rings is 1. The van der Waals surface area contributed by atoms with Gasteiger partial charge in [0.2, 0.25) is 5.88 Å². The summed E-state index contributed by atoms with van der Waals surface area (Å²) < 4.78 is 16.4. The van der Waals surface area contributed by atoms with Crippen molar-refractivity contribution < 1.29 is 14.3 Å². The molecule has 4 nitrogen and oxygen atoms in total. The van der Waals surface area contributed by atoms with Gasteiger partial charge in [-0.2, -0.15) is 0 Å². The third kappa shape index (κ3) is 2.57. The quantitative estimate of drug-likeness (QED) is 0.629. The number of carbonyl (C=O) groups is 1. The number of amides is 1. The molecule has 0 atom stereocenters. The molecule has 0 radical (unpaired) electrons. The number of hydrogen-bond acceptors (Lipinski definition) is 4. The molecule has 0 saturated carbocycles. The second-order valence-electron chi connectivity index (χ2n) is 5.26. The van der Waals surface area contributed by atoms with E-state index in [-0.39, 0.29) is 26.0 Å². The van der Waals surface area contributed by atoms with Crippen LogP contribution in [0.25, 0.3) is 11.3 Å². The first-order valence-electron chi connectivity index (χ1n) is 7.10. The lowest BCUT2D eigenvalue weighted by molar-refractivity contribution is -0.112. The molecule has 25 heavy (non-hydrogen) atoms. The smallest absolute Gasteiger partial charge is 0.279 e. The molecule has 0 saturated heterocycles. The van der Waals surface area contributed by atoms with E-state index in [1.54, 1.807) is 30.3 Å². The van der Waals surface area contributed by atoms with E-state index in [9.17, 15) is 14.3 Å². The highest BCUT2D eigenvalue weighted by molar-refractivity contribution is 9.10. The number of para-hydroxylation sites is 1. The maximum atomic E-state index is 14.1. The van der Waals surface area contributed by atoms with Crippen molar-refractivity contribution >= 4 is 51.0 Å². The number of nitrogens with zero attached hydrogens (tertiary/aromatic N) is 2. The van der Waals surface area contributed by atoms with Crippen molar-refractivity contribution in [1.82, 2.24) is 4.57 Å². The van der Waals surface area contributed by atoms with E-state index in [4.69, 9.17) is 12.2 Å². The van der Waals surface area contributed by atoms with Crippen molar-refractivity contribution in [2.45, 2.75) is 0 Å². The van der Waals surface area contributed by atoms with Gasteiger partial charge in [0.25, 0.3) is 5.91 Å². The van der Waals surface area contributed by atoms with E-state index in [1.165, 1.54) is 16.7 Å². The fourth-order valence-electron chi connectivity index (χ4n) is 2.68. The van der Waals surface area contributed by atoms with Crippen LogP contribution in [0, 0.1) is 9.77 Å². The first-order valence-corrected chi connectivity index (χ1v) is 9.12. The van der Waals surface area contributed by atoms with Gasteiger partial charge in [0.05, 0.1) is 16.6 Å². The lowest BCUT2D eigenvalue weighted by Crippen LogP contribution is -2.22. The van der Waals surface area contributed by atoms with Gasteiger partial charge in [0.1, 0.15) is 10.7 Å². The largest absolute Gasteiger partial charge is 0.493 e. The predicted octanol–water partition coefficient (Wildman–Crippen LogP) is 3.23. The second kappa shape index (κ2) is 5.98. The standard InChI is InChI=1S/C17H8BrFN2O2S2/c18-8-5-6-11-9(7-8)13(15(22)20-11)14-16(23)21(17(24)25-14)12-4-2-1-3-10(12)19/h1-7,23H. The van der Waals surface area contributed by atoms with E-state index < -0.39 is 11.7 Å². The van der Waals surface area contributed by atoms with Crippen LogP contribution in [0.15, 0.2) is 51.9 Å². The van der Waals surface area contributed by atoms with Crippen LogP contribution in [0.3, 0.4) is 0 Å². The van der Waals surface area contributed by atoms with Gasteiger partial charge in [0, 0.05) is 9.69 Å². The number of halogens is 2.